The molecule has 164 valence electrons. The van der Waals surface area contributed by atoms with Crippen LogP contribution in [-0.4, -0.2) is 23.5 Å². The first-order valence-electron chi connectivity index (χ1n) is 10.6. The molecule has 0 fully saturated rings. The second kappa shape index (κ2) is 9.27. The molecule has 1 aliphatic heterocycles. The molecular formula is C26H25BrN2O3. The highest BCUT2D eigenvalue weighted by Gasteiger charge is 2.27. The van der Waals surface area contributed by atoms with Crippen molar-refractivity contribution in [2.45, 2.75) is 32.8 Å². The van der Waals surface area contributed by atoms with Crippen molar-refractivity contribution in [3.63, 3.8) is 0 Å². The van der Waals surface area contributed by atoms with Crippen LogP contribution in [0.1, 0.15) is 56.4 Å². The molecule has 1 atom stereocenters. The maximum atomic E-state index is 13.5. The van der Waals surface area contributed by atoms with E-state index in [2.05, 4.69) is 21.2 Å². The van der Waals surface area contributed by atoms with Gasteiger partial charge in [-0.25, -0.2) is 0 Å². The Balaban J connectivity index is 1.59. The van der Waals surface area contributed by atoms with Crippen molar-refractivity contribution in [2.24, 2.45) is 0 Å². The van der Waals surface area contributed by atoms with Crippen molar-refractivity contribution in [3.8, 4) is 0 Å². The number of carbonyl (C=O) groups excluding carboxylic acids is 2. The zero-order chi connectivity index (χ0) is 22.8. The van der Waals surface area contributed by atoms with Gasteiger partial charge in [0.2, 0.25) is 0 Å². The summed E-state index contributed by atoms with van der Waals surface area (Å²) in [5.41, 5.74) is 5.09. The Bertz CT molecular complexity index is 1190. The van der Waals surface area contributed by atoms with Crippen LogP contribution in [0.15, 0.2) is 65.1 Å². The van der Waals surface area contributed by atoms with Gasteiger partial charge in [-0.2, -0.15) is 0 Å². The highest BCUT2D eigenvalue weighted by atomic mass is 79.9. The van der Waals surface area contributed by atoms with Gasteiger partial charge in [-0.3, -0.25) is 9.59 Å². The van der Waals surface area contributed by atoms with Crippen molar-refractivity contribution >= 4 is 39.1 Å². The average molecular weight is 493 g/mol. The lowest BCUT2D eigenvalue weighted by Gasteiger charge is -2.24. The summed E-state index contributed by atoms with van der Waals surface area (Å²) >= 11 is 3.46. The predicted octanol–water partition coefficient (Wildman–Crippen LogP) is 5.79. The van der Waals surface area contributed by atoms with E-state index in [9.17, 15) is 14.7 Å². The fraction of sp³-hybridized carbons (Fsp3) is 0.231. The molecule has 1 unspecified atom stereocenters. The van der Waals surface area contributed by atoms with Crippen LogP contribution in [-0.2, 0) is 0 Å². The zero-order valence-electron chi connectivity index (χ0n) is 18.1. The third kappa shape index (κ3) is 4.61. The molecule has 0 radical (unpaired) electrons. The van der Waals surface area contributed by atoms with Crippen LogP contribution >= 0.6 is 15.9 Å². The molecule has 0 aliphatic carbocycles. The van der Waals surface area contributed by atoms with Gasteiger partial charge in [0.1, 0.15) is 0 Å². The van der Waals surface area contributed by atoms with Gasteiger partial charge in [-0.1, -0.05) is 33.6 Å². The van der Waals surface area contributed by atoms with Crippen LogP contribution in [0.5, 0.6) is 0 Å². The van der Waals surface area contributed by atoms with Crippen LogP contribution in [0.2, 0.25) is 0 Å². The van der Waals surface area contributed by atoms with E-state index in [4.69, 9.17) is 0 Å². The third-order valence-electron chi connectivity index (χ3n) is 5.74. The van der Waals surface area contributed by atoms with Gasteiger partial charge >= 0.3 is 0 Å². The van der Waals surface area contributed by atoms with E-state index in [0.29, 0.717) is 36.2 Å². The number of aryl methyl sites for hydroxylation is 2. The number of hydrogen-bond donors (Lipinski definition) is 2. The fourth-order valence-electron chi connectivity index (χ4n) is 4.08. The van der Waals surface area contributed by atoms with E-state index in [1.165, 1.54) is 0 Å². The molecule has 3 aromatic rings. The van der Waals surface area contributed by atoms with Crippen molar-refractivity contribution < 1.29 is 14.7 Å². The molecule has 1 heterocycles. The Morgan fingerprint density at radius 1 is 1.06 bits per heavy atom. The number of carbonyl (C=O) groups is 2. The second-order valence-electron chi connectivity index (χ2n) is 8.17. The summed E-state index contributed by atoms with van der Waals surface area (Å²) in [7, 11) is 0. The number of halogens is 1. The third-order valence-corrected chi connectivity index (χ3v) is 6.23. The van der Waals surface area contributed by atoms with Gasteiger partial charge in [-0.15, -0.1) is 0 Å². The summed E-state index contributed by atoms with van der Waals surface area (Å²) in [5, 5.41) is 13.4. The van der Waals surface area contributed by atoms with Crippen molar-refractivity contribution in [3.05, 3.63) is 93.0 Å². The summed E-state index contributed by atoms with van der Waals surface area (Å²) < 4.78 is 0.870. The maximum Gasteiger partial charge on any atom is 0.258 e. The normalized spacial score (nSPS) is 15.6. The van der Waals surface area contributed by atoms with Gasteiger partial charge in [0, 0.05) is 39.1 Å². The molecular weight excluding hydrogens is 468 g/mol. The highest BCUT2D eigenvalue weighted by molar-refractivity contribution is 9.10. The number of aliphatic hydroxyl groups is 1. The van der Waals surface area contributed by atoms with E-state index in [0.717, 1.165) is 26.9 Å². The minimum absolute atomic E-state index is 0.114. The fourth-order valence-corrected chi connectivity index (χ4v) is 4.46. The summed E-state index contributed by atoms with van der Waals surface area (Å²) in [6.07, 6.45) is 0.722. The van der Waals surface area contributed by atoms with Gasteiger partial charge in [0.25, 0.3) is 11.8 Å². The summed E-state index contributed by atoms with van der Waals surface area (Å²) in [4.78, 5) is 27.8. The Labute approximate surface area is 196 Å². The average Bonchev–Trinajstić information content (AvgIpc) is 2.92. The lowest BCUT2D eigenvalue weighted by molar-refractivity contribution is 0.0985. The van der Waals surface area contributed by atoms with Crippen LogP contribution in [0.3, 0.4) is 0 Å². The van der Waals surface area contributed by atoms with Crippen molar-refractivity contribution in [2.75, 3.05) is 16.8 Å². The molecule has 0 bridgehead atoms. The van der Waals surface area contributed by atoms with Gasteiger partial charge in [-0.05, 0) is 80.8 Å². The first kappa shape index (κ1) is 22.2. The number of benzene rings is 3. The number of nitrogens with zero attached hydrogens (tertiary/aromatic N) is 1. The minimum Gasteiger partial charge on any atom is -0.388 e. The number of amides is 2. The van der Waals surface area contributed by atoms with Crippen molar-refractivity contribution in [1.29, 1.82) is 0 Å². The van der Waals surface area contributed by atoms with Crippen LogP contribution in [0.4, 0.5) is 11.4 Å². The lowest BCUT2D eigenvalue weighted by atomic mass is 10.0. The van der Waals surface area contributed by atoms with Gasteiger partial charge in [0.15, 0.2) is 0 Å². The predicted molar refractivity (Wildman–Crippen MR) is 130 cm³/mol. The Morgan fingerprint density at radius 2 is 1.88 bits per heavy atom. The van der Waals surface area contributed by atoms with E-state index in [1.807, 2.05) is 56.3 Å². The molecule has 1 aliphatic rings. The molecule has 32 heavy (non-hydrogen) atoms. The molecule has 5 nitrogen and oxygen atoms in total. The first-order chi connectivity index (χ1) is 15.3. The number of aliphatic hydroxyl groups excluding tert-OH is 1. The van der Waals surface area contributed by atoms with Crippen molar-refractivity contribution in [1.82, 2.24) is 0 Å². The van der Waals surface area contributed by atoms with E-state index in [-0.39, 0.29) is 11.8 Å². The van der Waals surface area contributed by atoms with Crippen LogP contribution < -0.4 is 10.2 Å². The first-order valence-corrected chi connectivity index (χ1v) is 11.4. The molecule has 0 aromatic heterocycles. The highest BCUT2D eigenvalue weighted by Crippen LogP contribution is 2.36. The molecule has 3 aromatic carbocycles. The molecule has 0 saturated carbocycles. The number of nitrogens with one attached hydrogen (secondary N) is 1. The van der Waals surface area contributed by atoms with E-state index in [1.54, 1.807) is 23.1 Å². The van der Waals surface area contributed by atoms with E-state index < -0.39 is 6.10 Å². The topological polar surface area (TPSA) is 69.6 Å². The Morgan fingerprint density at radius 3 is 2.62 bits per heavy atom. The summed E-state index contributed by atoms with van der Waals surface area (Å²) in [6.45, 7) is 4.35. The van der Waals surface area contributed by atoms with Gasteiger partial charge < -0.3 is 15.3 Å². The molecule has 0 spiro atoms. The molecule has 6 heteroatoms. The van der Waals surface area contributed by atoms with E-state index >= 15 is 0 Å². The number of fused-ring (bicyclic) bond motifs is 1. The Kier molecular flexibility index (Phi) is 6.44. The number of rotatable bonds is 3. The van der Waals surface area contributed by atoms with Crippen LogP contribution in [0.25, 0.3) is 0 Å². The second-order valence-corrected chi connectivity index (χ2v) is 9.09. The summed E-state index contributed by atoms with van der Waals surface area (Å²) in [5.74, 6) is -0.301. The minimum atomic E-state index is -0.597. The smallest absolute Gasteiger partial charge is 0.258 e. The molecule has 4 rings (SSSR count). The summed E-state index contributed by atoms with van der Waals surface area (Å²) in [6, 6.07) is 18.4. The maximum absolute atomic E-state index is 13.5. The molecule has 2 amide bonds. The number of hydrogen-bond acceptors (Lipinski definition) is 3. The quantitative estimate of drug-likeness (QED) is 0.485. The van der Waals surface area contributed by atoms with Gasteiger partial charge in [0.05, 0.1) is 6.10 Å². The number of anilines is 2. The lowest BCUT2D eigenvalue weighted by Crippen LogP contribution is -2.32. The SMILES string of the molecule is Cc1cccc(C(=O)Nc2ccc(C(=O)N3CCCC(O)c4cc(Br)ccc43)c(C)c2)c1. The van der Waals surface area contributed by atoms with Crippen LogP contribution in [0, 0.1) is 13.8 Å². The standard InChI is InChI=1S/C26H25BrN2O3/c1-16-5-3-6-18(13-16)25(31)28-20-9-10-21(17(2)14-20)26(32)29-12-4-7-24(30)22-15-19(27)8-11-23(22)29/h3,5-6,8-11,13-15,24,30H,4,7,12H2,1-2H3,(H,28,31). The zero-order valence-corrected chi connectivity index (χ0v) is 19.6. The monoisotopic (exact) mass is 492 g/mol. The molecule has 2 N–H and O–H groups in total. The molecule has 0 saturated heterocycles. The Hall–Kier alpha value is -2.96. The largest absolute Gasteiger partial charge is 0.388 e.